The van der Waals surface area contributed by atoms with Gasteiger partial charge in [0, 0.05) is 31.5 Å². The number of carbonyl (C=O) groups excluding carboxylic acids is 1. The van der Waals surface area contributed by atoms with Gasteiger partial charge < -0.3 is 9.47 Å². The molecule has 0 aliphatic rings. The van der Waals surface area contributed by atoms with Crippen molar-refractivity contribution in [3.63, 3.8) is 0 Å². The highest BCUT2D eigenvalue weighted by molar-refractivity contribution is 9.10. The number of ether oxygens (including phenoxy) is 2. The lowest BCUT2D eigenvalue weighted by Gasteiger charge is -2.14. The lowest BCUT2D eigenvalue weighted by molar-refractivity contribution is -0.384. The molecule has 182 valence electrons. The van der Waals surface area contributed by atoms with E-state index in [2.05, 4.69) is 42.4 Å². The largest absolute Gasteiger partial charge is 0.490 e. The van der Waals surface area contributed by atoms with Gasteiger partial charge in [-0.05, 0) is 64.8 Å². The molecule has 0 heterocycles. The SMILES string of the molecule is CCOc1cc(/C=N\NC(=O)CSc2ccc([N+](=O)[O-])cc2)c(Br)cc1OCc1ccc(Br)cc1. The zero-order valence-electron chi connectivity index (χ0n) is 18.6. The summed E-state index contributed by atoms with van der Waals surface area (Å²) in [5, 5.41) is 14.7. The average molecular weight is 623 g/mol. The molecule has 0 aliphatic carbocycles. The first-order valence-electron chi connectivity index (χ1n) is 10.4. The number of nitro benzene ring substituents is 1. The van der Waals surface area contributed by atoms with Gasteiger partial charge in [-0.15, -0.1) is 11.8 Å². The highest BCUT2D eigenvalue weighted by Crippen LogP contribution is 2.34. The van der Waals surface area contributed by atoms with Crippen molar-refractivity contribution in [3.05, 3.63) is 90.9 Å². The Bertz CT molecular complexity index is 1210. The first-order valence-corrected chi connectivity index (χ1v) is 13.0. The van der Waals surface area contributed by atoms with E-state index in [9.17, 15) is 14.9 Å². The van der Waals surface area contributed by atoms with Crippen molar-refractivity contribution in [3.8, 4) is 11.5 Å². The Balaban J connectivity index is 1.58. The van der Waals surface area contributed by atoms with Crippen LogP contribution >= 0.6 is 43.6 Å². The molecule has 0 aromatic heterocycles. The number of carbonyl (C=O) groups is 1. The van der Waals surface area contributed by atoms with E-state index in [1.807, 2.05) is 31.2 Å². The molecule has 35 heavy (non-hydrogen) atoms. The number of hydrogen-bond donors (Lipinski definition) is 1. The van der Waals surface area contributed by atoms with Crippen molar-refractivity contribution >= 4 is 61.4 Å². The molecule has 8 nitrogen and oxygen atoms in total. The van der Waals surface area contributed by atoms with E-state index >= 15 is 0 Å². The highest BCUT2D eigenvalue weighted by Gasteiger charge is 2.11. The van der Waals surface area contributed by atoms with Crippen molar-refractivity contribution in [1.82, 2.24) is 5.43 Å². The van der Waals surface area contributed by atoms with Crippen molar-refractivity contribution < 1.29 is 19.2 Å². The molecule has 3 rings (SSSR count). The molecule has 1 N–H and O–H groups in total. The number of halogens is 2. The predicted octanol–water partition coefficient (Wildman–Crippen LogP) is 6.34. The van der Waals surface area contributed by atoms with E-state index in [0.29, 0.717) is 30.3 Å². The van der Waals surface area contributed by atoms with Gasteiger partial charge in [0.05, 0.1) is 23.5 Å². The van der Waals surface area contributed by atoms with Crippen LogP contribution in [0, 0.1) is 10.1 Å². The van der Waals surface area contributed by atoms with Crippen LogP contribution in [0.5, 0.6) is 11.5 Å². The molecule has 0 saturated heterocycles. The Morgan fingerprint density at radius 1 is 1.09 bits per heavy atom. The third-order valence-electron chi connectivity index (χ3n) is 4.48. The maximum absolute atomic E-state index is 12.1. The van der Waals surface area contributed by atoms with Gasteiger partial charge in [0.15, 0.2) is 11.5 Å². The van der Waals surface area contributed by atoms with E-state index in [-0.39, 0.29) is 17.3 Å². The third kappa shape index (κ3) is 8.37. The number of rotatable bonds is 11. The van der Waals surface area contributed by atoms with Gasteiger partial charge in [-0.25, -0.2) is 5.43 Å². The lowest BCUT2D eigenvalue weighted by atomic mass is 10.2. The minimum atomic E-state index is -0.466. The molecule has 0 radical (unpaired) electrons. The third-order valence-corrected chi connectivity index (χ3v) is 6.71. The number of benzene rings is 3. The second-order valence-electron chi connectivity index (χ2n) is 7.00. The molecule has 0 unspecified atom stereocenters. The number of hydrazone groups is 1. The van der Waals surface area contributed by atoms with Gasteiger partial charge in [0.2, 0.25) is 5.91 Å². The zero-order chi connectivity index (χ0) is 25.2. The minimum absolute atomic E-state index is 0.00475. The lowest BCUT2D eigenvalue weighted by Crippen LogP contribution is -2.19. The van der Waals surface area contributed by atoms with Crippen LogP contribution in [-0.4, -0.2) is 29.4 Å². The predicted molar refractivity (Wildman–Crippen MR) is 143 cm³/mol. The summed E-state index contributed by atoms with van der Waals surface area (Å²) in [4.78, 5) is 23.1. The summed E-state index contributed by atoms with van der Waals surface area (Å²) < 4.78 is 13.4. The van der Waals surface area contributed by atoms with Crippen LogP contribution in [0.25, 0.3) is 0 Å². The molecule has 1 amide bonds. The molecule has 0 fully saturated rings. The molecule has 0 bridgehead atoms. The maximum atomic E-state index is 12.1. The number of nitrogens with zero attached hydrogens (tertiary/aromatic N) is 2. The first-order chi connectivity index (χ1) is 16.9. The second-order valence-corrected chi connectivity index (χ2v) is 9.82. The van der Waals surface area contributed by atoms with E-state index < -0.39 is 4.92 Å². The standard InChI is InChI=1S/C24H21Br2N3O5S/c1-2-33-22-11-17(21(26)12-23(22)34-14-16-3-5-18(25)6-4-16)13-27-28-24(30)15-35-20-9-7-19(8-10-20)29(31)32/h3-13H,2,14-15H2,1H3,(H,28,30)/b27-13-. The van der Waals surface area contributed by atoms with Gasteiger partial charge in [-0.3, -0.25) is 14.9 Å². The molecule has 3 aromatic rings. The fourth-order valence-electron chi connectivity index (χ4n) is 2.79. The molecule has 0 atom stereocenters. The Kier molecular flexibility index (Phi) is 10.1. The highest BCUT2D eigenvalue weighted by atomic mass is 79.9. The van der Waals surface area contributed by atoms with Crippen LogP contribution in [0.3, 0.4) is 0 Å². The molecule has 0 spiro atoms. The van der Waals surface area contributed by atoms with Crippen molar-refractivity contribution in [2.75, 3.05) is 12.4 Å². The Hall–Kier alpha value is -2.89. The van der Waals surface area contributed by atoms with E-state index in [1.54, 1.807) is 24.3 Å². The molecule has 0 aliphatic heterocycles. The fraction of sp³-hybridized carbons (Fsp3) is 0.167. The van der Waals surface area contributed by atoms with Crippen LogP contribution < -0.4 is 14.9 Å². The van der Waals surface area contributed by atoms with E-state index in [1.165, 1.54) is 30.1 Å². The number of thioether (sulfide) groups is 1. The zero-order valence-corrected chi connectivity index (χ0v) is 22.6. The molecule has 0 saturated carbocycles. The summed E-state index contributed by atoms with van der Waals surface area (Å²) in [6.07, 6.45) is 1.51. The van der Waals surface area contributed by atoms with Crippen molar-refractivity contribution in [1.29, 1.82) is 0 Å². The number of nitro groups is 1. The van der Waals surface area contributed by atoms with E-state index in [4.69, 9.17) is 9.47 Å². The Labute approximate surface area is 223 Å². The minimum Gasteiger partial charge on any atom is -0.490 e. The van der Waals surface area contributed by atoms with Crippen molar-refractivity contribution in [2.24, 2.45) is 5.10 Å². The summed E-state index contributed by atoms with van der Waals surface area (Å²) in [6.45, 7) is 2.73. The van der Waals surface area contributed by atoms with Gasteiger partial charge in [0.25, 0.3) is 5.69 Å². The first kappa shape index (κ1) is 26.7. The van der Waals surface area contributed by atoms with Crippen LogP contribution in [0.15, 0.2) is 79.6 Å². The van der Waals surface area contributed by atoms with Crippen LogP contribution in [-0.2, 0) is 11.4 Å². The smallest absolute Gasteiger partial charge is 0.269 e. The maximum Gasteiger partial charge on any atom is 0.269 e. The number of nitrogens with one attached hydrogen (secondary N) is 1. The summed E-state index contributed by atoms with van der Waals surface area (Å²) in [5.74, 6) is 0.959. The van der Waals surface area contributed by atoms with Crippen LogP contribution in [0.1, 0.15) is 18.1 Å². The van der Waals surface area contributed by atoms with E-state index in [0.717, 1.165) is 19.4 Å². The Morgan fingerprint density at radius 3 is 2.43 bits per heavy atom. The summed E-state index contributed by atoms with van der Waals surface area (Å²) >= 11 is 8.19. The van der Waals surface area contributed by atoms with Gasteiger partial charge in [-0.1, -0.05) is 28.1 Å². The normalized spacial score (nSPS) is 10.8. The number of amides is 1. The topological polar surface area (TPSA) is 103 Å². The van der Waals surface area contributed by atoms with Gasteiger partial charge in [-0.2, -0.15) is 5.10 Å². The summed E-state index contributed by atoms with van der Waals surface area (Å²) in [5.41, 5.74) is 4.21. The average Bonchev–Trinajstić information content (AvgIpc) is 2.85. The summed E-state index contributed by atoms with van der Waals surface area (Å²) in [6, 6.07) is 17.5. The second kappa shape index (κ2) is 13.3. The molecule has 3 aromatic carbocycles. The molecular weight excluding hydrogens is 602 g/mol. The van der Waals surface area contributed by atoms with Gasteiger partial charge >= 0.3 is 0 Å². The number of hydrogen-bond acceptors (Lipinski definition) is 7. The fourth-order valence-corrected chi connectivity index (χ4v) is 4.17. The molecular formula is C24H21Br2N3O5S. The number of non-ortho nitro benzene ring substituents is 1. The quantitative estimate of drug-likeness (QED) is 0.116. The van der Waals surface area contributed by atoms with Crippen LogP contribution in [0.4, 0.5) is 5.69 Å². The molecule has 11 heteroatoms. The monoisotopic (exact) mass is 621 g/mol. The Morgan fingerprint density at radius 2 is 1.77 bits per heavy atom. The van der Waals surface area contributed by atoms with Crippen LogP contribution in [0.2, 0.25) is 0 Å². The summed E-state index contributed by atoms with van der Waals surface area (Å²) in [7, 11) is 0. The van der Waals surface area contributed by atoms with Gasteiger partial charge in [0.1, 0.15) is 6.61 Å². The van der Waals surface area contributed by atoms with Crippen molar-refractivity contribution in [2.45, 2.75) is 18.4 Å².